The molecule has 10 amide bonds. The first-order valence-electron chi connectivity index (χ1n) is 30.1. The summed E-state index contributed by atoms with van der Waals surface area (Å²) in [6, 6.07) is 4.67. The summed E-state index contributed by atoms with van der Waals surface area (Å²) >= 11 is 0. The SMILES string of the molecule is NC(=O)CC[C@H](NC(=O)[C@H](CO)NC(=O)[C@H](Cc1c[nH]c2ccccc12)NC(=O)[C@H](CCCN=C(N)N)NC(=O)[C@H](CO)NC(=O)[C@H](Cc1c[nH]c2ccccc12)NC(=O)[C@H](Cc1ccc(O)cc1)NC(=O)CNC(=O)[C@@H](N)Cc1cnc[nH]1)C(=O)N[C@@H](CCC(=O)O)C(=O)O. The van der Waals surface area contributed by atoms with Crippen LogP contribution in [0.2, 0.25) is 0 Å². The van der Waals surface area contributed by atoms with Crippen molar-refractivity contribution in [1.29, 1.82) is 0 Å². The molecule has 3 aromatic carbocycles. The van der Waals surface area contributed by atoms with Gasteiger partial charge in [-0.2, -0.15) is 0 Å². The molecule has 3 heterocycles. The van der Waals surface area contributed by atoms with Crippen LogP contribution in [0.25, 0.3) is 21.8 Å². The number of aliphatic hydroxyl groups is 2. The molecule has 6 aromatic rings. The fourth-order valence-electron chi connectivity index (χ4n) is 9.95. The van der Waals surface area contributed by atoms with Crippen LogP contribution in [0.5, 0.6) is 5.75 Å². The molecule has 35 nitrogen and oxygen atoms in total. The van der Waals surface area contributed by atoms with Gasteiger partial charge in [0.2, 0.25) is 59.1 Å². The molecular formula is C61H78N18O17. The second-order valence-electron chi connectivity index (χ2n) is 22.2. The number of fused-ring (bicyclic) bond motifs is 2. The summed E-state index contributed by atoms with van der Waals surface area (Å²) in [6.07, 6.45) is 2.59. The Balaban J connectivity index is 1.25. The number of para-hydroxylation sites is 2. The third-order valence-electron chi connectivity index (χ3n) is 15.0. The number of primary amides is 1. The summed E-state index contributed by atoms with van der Waals surface area (Å²) in [5.41, 5.74) is 25.6. The number of hydrogen-bond acceptors (Lipinski definition) is 18. The number of amides is 10. The van der Waals surface area contributed by atoms with Crippen LogP contribution >= 0.6 is 0 Å². The van der Waals surface area contributed by atoms with E-state index in [0.29, 0.717) is 44.2 Å². The minimum absolute atomic E-state index is 0.0256. The van der Waals surface area contributed by atoms with Crippen molar-refractivity contribution >= 4 is 98.8 Å². The van der Waals surface area contributed by atoms with Gasteiger partial charge in [-0.05, 0) is 66.6 Å². The van der Waals surface area contributed by atoms with E-state index in [-0.39, 0.29) is 56.8 Å². The van der Waals surface area contributed by atoms with E-state index >= 15 is 0 Å². The standard InChI is InChI=1S/C61H78N18O17/c62-38(23-34-26-66-30-71-34)52(87)70-27-50(84)72-44(20-31-11-13-35(82)14-12-31)55(90)77-46(22-33-25-69-40-9-4-2-7-37(33)40)57(92)78-47(28-80)58(93)73-41(10-5-19-67-61(64)65)53(88)76-45(21-32-24-68-39-8-3-1-6-36(32)39)56(91)79-48(29-81)59(94)74-42(15-17-49(63)83)54(89)75-43(60(95)96)16-18-51(85)86/h1-4,6-9,11-14,24-26,30,38,41-48,68-69,80-82H,5,10,15-23,27-29,62H2,(H2,63,83)(H,66,71)(H,70,87)(H,72,84)(H,73,93)(H,74,94)(H,75,89)(H,76,88)(H,77,90)(H,78,92)(H,79,91)(H,85,86)(H,95,96)(H4,64,65,67)/t38-,41-,42-,43-,44-,45-,46-,47-,48-/m0/s1. The topological polar surface area (TPSA) is 591 Å². The van der Waals surface area contributed by atoms with Crippen molar-refractivity contribution in [2.75, 3.05) is 26.3 Å². The number of aliphatic hydroxyl groups excluding tert-OH is 2. The average Bonchev–Trinajstić information content (AvgIpc) is 1.76. The predicted octanol–water partition coefficient (Wildman–Crippen LogP) is -5.08. The number of rotatable bonds is 39. The Morgan fingerprint density at radius 3 is 1.45 bits per heavy atom. The number of imidazole rings is 1. The first kappa shape index (κ1) is 73.6. The number of hydrogen-bond donors (Lipinski definition) is 21. The van der Waals surface area contributed by atoms with E-state index in [1.807, 2.05) is 0 Å². The molecule has 0 saturated heterocycles. The van der Waals surface area contributed by atoms with Crippen LogP contribution in [0.4, 0.5) is 0 Å². The average molecular weight is 1340 g/mol. The van der Waals surface area contributed by atoms with Crippen molar-refractivity contribution in [2.45, 2.75) is 119 Å². The maximum Gasteiger partial charge on any atom is 0.326 e. The van der Waals surface area contributed by atoms with E-state index in [9.17, 15) is 78.0 Å². The fraction of sp³-hybridized carbons (Fsp3) is 0.377. The number of benzene rings is 3. The highest BCUT2D eigenvalue weighted by Crippen LogP contribution is 2.22. The summed E-state index contributed by atoms with van der Waals surface area (Å²) in [5.74, 6) is -13.7. The number of aromatic amines is 3. The largest absolute Gasteiger partial charge is 0.508 e. The highest BCUT2D eigenvalue weighted by molar-refractivity contribution is 5.99. The molecule has 0 aliphatic carbocycles. The number of aliphatic carboxylic acids is 2. The van der Waals surface area contributed by atoms with Gasteiger partial charge in [-0.25, -0.2) is 9.78 Å². The molecule has 35 heteroatoms. The molecular weight excluding hydrogens is 1260 g/mol. The van der Waals surface area contributed by atoms with Gasteiger partial charge in [0, 0.05) is 91.2 Å². The van der Waals surface area contributed by atoms with Crippen LogP contribution in [-0.4, -0.2) is 203 Å². The van der Waals surface area contributed by atoms with Crippen LogP contribution in [0.1, 0.15) is 60.9 Å². The molecule has 514 valence electrons. The number of nitrogens with zero attached hydrogens (tertiary/aromatic N) is 2. The van der Waals surface area contributed by atoms with Gasteiger partial charge in [0.05, 0.1) is 32.1 Å². The van der Waals surface area contributed by atoms with Gasteiger partial charge in [0.15, 0.2) is 5.96 Å². The van der Waals surface area contributed by atoms with E-state index in [4.69, 9.17) is 28.0 Å². The van der Waals surface area contributed by atoms with Crippen molar-refractivity contribution in [2.24, 2.45) is 27.9 Å². The molecule has 0 fully saturated rings. The van der Waals surface area contributed by atoms with Gasteiger partial charge in [0.1, 0.15) is 54.1 Å². The van der Waals surface area contributed by atoms with Crippen LogP contribution < -0.4 is 70.8 Å². The minimum atomic E-state index is -1.92. The van der Waals surface area contributed by atoms with E-state index in [1.165, 1.54) is 43.0 Å². The first-order chi connectivity index (χ1) is 45.8. The number of H-pyrrole nitrogens is 3. The number of phenolic OH excluding ortho intramolecular Hbond substituents is 1. The van der Waals surface area contributed by atoms with Gasteiger partial charge < -0.3 is 111 Å². The third kappa shape index (κ3) is 22.7. The first-order valence-corrected chi connectivity index (χ1v) is 30.1. The molecule has 9 atom stereocenters. The monoisotopic (exact) mass is 1330 g/mol. The Kier molecular flexibility index (Phi) is 27.7. The Hall–Kier alpha value is -11.5. The second kappa shape index (κ2) is 36.1. The van der Waals surface area contributed by atoms with Crippen molar-refractivity contribution in [3.05, 3.63) is 120 Å². The number of aliphatic imine (C=N–C) groups is 1. The Labute approximate surface area is 546 Å². The number of carboxylic acid groups (broad SMARTS) is 2. The van der Waals surface area contributed by atoms with E-state index in [0.717, 1.165) is 0 Å². The lowest BCUT2D eigenvalue weighted by molar-refractivity contribution is -0.143. The maximum atomic E-state index is 14.7. The molecule has 0 radical (unpaired) electrons. The third-order valence-corrected chi connectivity index (χ3v) is 15.0. The molecule has 96 heavy (non-hydrogen) atoms. The number of carbonyl (C=O) groups excluding carboxylic acids is 10. The molecule has 0 saturated carbocycles. The molecule has 3 aromatic heterocycles. The van der Waals surface area contributed by atoms with Gasteiger partial charge in [0.25, 0.3) is 0 Å². The fourth-order valence-corrected chi connectivity index (χ4v) is 9.95. The number of nitrogens with one attached hydrogen (secondary N) is 12. The van der Waals surface area contributed by atoms with Crippen LogP contribution in [0, 0.1) is 0 Å². The number of phenols is 1. The highest BCUT2D eigenvalue weighted by atomic mass is 16.4. The zero-order valence-corrected chi connectivity index (χ0v) is 51.7. The predicted molar refractivity (Wildman–Crippen MR) is 342 cm³/mol. The summed E-state index contributed by atoms with van der Waals surface area (Å²) in [5, 5.41) is 73.2. The molecule has 0 spiro atoms. The zero-order chi connectivity index (χ0) is 70.0. The lowest BCUT2D eigenvalue weighted by atomic mass is 10.0. The van der Waals surface area contributed by atoms with Gasteiger partial charge in [-0.1, -0.05) is 48.5 Å². The van der Waals surface area contributed by atoms with Crippen molar-refractivity contribution < 1.29 is 83.1 Å². The van der Waals surface area contributed by atoms with E-state index in [2.05, 4.69) is 72.8 Å². The molecule has 25 N–H and O–H groups in total. The molecule has 0 unspecified atom stereocenters. The van der Waals surface area contributed by atoms with Crippen molar-refractivity contribution in [3.8, 4) is 5.75 Å². The number of aromatic nitrogens is 4. The maximum absolute atomic E-state index is 14.7. The zero-order valence-electron chi connectivity index (χ0n) is 51.7. The second-order valence-corrected chi connectivity index (χ2v) is 22.2. The Bertz CT molecular complexity index is 3740. The lowest BCUT2D eigenvalue weighted by Crippen LogP contribution is -2.61. The van der Waals surface area contributed by atoms with E-state index < -0.39 is 171 Å². The minimum Gasteiger partial charge on any atom is -0.508 e. The Morgan fingerprint density at radius 1 is 0.510 bits per heavy atom. The quantitative estimate of drug-likeness (QED) is 0.00975. The van der Waals surface area contributed by atoms with Crippen LogP contribution in [0.3, 0.4) is 0 Å². The lowest BCUT2D eigenvalue weighted by Gasteiger charge is -2.27. The number of guanidine groups is 1. The van der Waals surface area contributed by atoms with Gasteiger partial charge in [-0.3, -0.25) is 57.7 Å². The number of carboxylic acids is 2. The summed E-state index contributed by atoms with van der Waals surface area (Å²) in [4.78, 5) is 178. The number of carbonyl (C=O) groups is 12. The van der Waals surface area contributed by atoms with Crippen molar-refractivity contribution in [1.82, 2.24) is 67.8 Å². The van der Waals surface area contributed by atoms with Gasteiger partial charge in [-0.15, -0.1) is 0 Å². The molecule has 0 aliphatic heterocycles. The normalized spacial score (nSPS) is 13.9. The number of nitrogens with two attached hydrogens (primary N) is 4. The Morgan fingerprint density at radius 2 is 0.969 bits per heavy atom. The summed E-state index contributed by atoms with van der Waals surface area (Å²) in [7, 11) is 0. The van der Waals surface area contributed by atoms with Crippen LogP contribution in [0.15, 0.2) is 103 Å². The smallest absolute Gasteiger partial charge is 0.326 e. The highest BCUT2D eigenvalue weighted by Gasteiger charge is 2.36. The molecule has 6 rings (SSSR count). The van der Waals surface area contributed by atoms with Crippen molar-refractivity contribution in [3.63, 3.8) is 0 Å². The molecule has 0 bridgehead atoms. The summed E-state index contributed by atoms with van der Waals surface area (Å²) < 4.78 is 0. The van der Waals surface area contributed by atoms with Crippen LogP contribution in [-0.2, 0) is 83.2 Å². The van der Waals surface area contributed by atoms with E-state index in [1.54, 1.807) is 54.7 Å². The van der Waals surface area contributed by atoms with Gasteiger partial charge >= 0.3 is 11.9 Å². The summed E-state index contributed by atoms with van der Waals surface area (Å²) in [6.45, 7) is -3.01. The molecule has 0 aliphatic rings. The number of aromatic hydroxyl groups is 1.